The zero-order valence-corrected chi connectivity index (χ0v) is 9.90. The first-order valence-electron chi connectivity index (χ1n) is 4.93. The minimum atomic E-state index is -0.176. The van der Waals surface area contributed by atoms with Crippen molar-refractivity contribution >= 4 is 23.7 Å². The van der Waals surface area contributed by atoms with Crippen molar-refractivity contribution in [3.05, 3.63) is 17.0 Å². The first kappa shape index (κ1) is 12.9. The molecule has 0 aliphatic heterocycles. The quantitative estimate of drug-likeness (QED) is 0.604. The Hall–Kier alpha value is -1.20. The van der Waals surface area contributed by atoms with Crippen LogP contribution in [0.15, 0.2) is 6.33 Å². The first-order valence-corrected chi connectivity index (χ1v) is 5.31. The maximum Gasteiger partial charge on any atom is 0.156 e. The molecule has 0 saturated heterocycles. The molecule has 0 aliphatic rings. The first-order chi connectivity index (χ1) is 7.60. The molecule has 1 aromatic rings. The summed E-state index contributed by atoms with van der Waals surface area (Å²) in [5.74, 6) is 0.556. The maximum atomic E-state index is 10.8. The van der Waals surface area contributed by atoms with Gasteiger partial charge in [-0.15, -0.1) is 0 Å². The summed E-state index contributed by atoms with van der Waals surface area (Å²) in [6.45, 7) is 3.87. The third kappa shape index (κ3) is 2.90. The van der Waals surface area contributed by atoms with Crippen LogP contribution in [0.1, 0.15) is 24.2 Å². The lowest BCUT2D eigenvalue weighted by Gasteiger charge is -2.21. The van der Waals surface area contributed by atoms with Crippen molar-refractivity contribution in [3.63, 3.8) is 0 Å². The van der Waals surface area contributed by atoms with Gasteiger partial charge in [-0.25, -0.2) is 9.97 Å². The van der Waals surface area contributed by atoms with E-state index in [2.05, 4.69) is 15.3 Å². The van der Waals surface area contributed by atoms with Crippen molar-refractivity contribution in [2.24, 2.45) is 5.92 Å². The van der Waals surface area contributed by atoms with Crippen LogP contribution in [-0.2, 0) is 0 Å². The number of hydrogen-bond acceptors (Lipinski definition) is 5. The van der Waals surface area contributed by atoms with Gasteiger partial charge in [0, 0.05) is 0 Å². The van der Waals surface area contributed by atoms with Crippen LogP contribution in [0.4, 0.5) is 5.82 Å². The van der Waals surface area contributed by atoms with Gasteiger partial charge in [0.05, 0.1) is 18.2 Å². The third-order valence-electron chi connectivity index (χ3n) is 2.28. The van der Waals surface area contributed by atoms with Crippen molar-refractivity contribution in [3.8, 4) is 0 Å². The summed E-state index contributed by atoms with van der Waals surface area (Å²) >= 11 is 5.75. The second kappa shape index (κ2) is 5.77. The van der Waals surface area contributed by atoms with Crippen LogP contribution in [0.25, 0.3) is 0 Å². The molecule has 5 nitrogen and oxygen atoms in total. The zero-order chi connectivity index (χ0) is 12.1. The van der Waals surface area contributed by atoms with Gasteiger partial charge < -0.3 is 10.4 Å². The second-order valence-electron chi connectivity index (χ2n) is 3.72. The van der Waals surface area contributed by atoms with E-state index in [-0.39, 0.29) is 29.3 Å². The standard InChI is InChI=1S/C10H14ClN3O2/c1-6(2)8(4-16)14-10-7(3-15)9(11)12-5-13-10/h3,5-6,8,16H,4H2,1-2H3,(H,12,13,14)/t8-/m1/s1. The molecule has 0 amide bonds. The summed E-state index contributed by atoms with van der Waals surface area (Å²) in [6, 6.07) is -0.176. The van der Waals surface area contributed by atoms with Crippen molar-refractivity contribution in [2.45, 2.75) is 19.9 Å². The van der Waals surface area contributed by atoms with Gasteiger partial charge in [0.1, 0.15) is 17.3 Å². The van der Waals surface area contributed by atoms with E-state index in [0.717, 1.165) is 0 Å². The lowest BCUT2D eigenvalue weighted by atomic mass is 10.1. The number of nitrogens with zero attached hydrogens (tertiary/aromatic N) is 2. The number of aliphatic hydroxyl groups excluding tert-OH is 1. The van der Waals surface area contributed by atoms with E-state index in [4.69, 9.17) is 16.7 Å². The molecule has 0 fully saturated rings. The van der Waals surface area contributed by atoms with Crippen LogP contribution in [-0.4, -0.2) is 34.0 Å². The molecule has 1 rings (SSSR count). The number of aliphatic hydroxyl groups is 1. The van der Waals surface area contributed by atoms with Gasteiger partial charge in [-0.2, -0.15) is 0 Å². The van der Waals surface area contributed by atoms with Gasteiger partial charge in [0.25, 0.3) is 0 Å². The van der Waals surface area contributed by atoms with E-state index in [9.17, 15) is 4.79 Å². The van der Waals surface area contributed by atoms with E-state index in [1.54, 1.807) is 0 Å². The molecule has 0 unspecified atom stereocenters. The highest BCUT2D eigenvalue weighted by atomic mass is 35.5. The van der Waals surface area contributed by atoms with Gasteiger partial charge in [0.2, 0.25) is 0 Å². The van der Waals surface area contributed by atoms with Gasteiger partial charge >= 0.3 is 0 Å². The van der Waals surface area contributed by atoms with Crippen molar-refractivity contribution in [1.82, 2.24) is 9.97 Å². The zero-order valence-electron chi connectivity index (χ0n) is 9.14. The fraction of sp³-hybridized carbons (Fsp3) is 0.500. The molecule has 0 aromatic carbocycles. The fourth-order valence-corrected chi connectivity index (χ4v) is 1.37. The predicted octanol–water partition coefficient (Wildman–Crippen LogP) is 1.37. The molecule has 88 valence electrons. The normalized spacial score (nSPS) is 12.6. The highest BCUT2D eigenvalue weighted by Gasteiger charge is 2.16. The number of anilines is 1. The Morgan fingerprint density at radius 3 is 2.75 bits per heavy atom. The number of rotatable bonds is 5. The molecule has 6 heteroatoms. The van der Waals surface area contributed by atoms with Gasteiger partial charge in [-0.1, -0.05) is 25.4 Å². The van der Waals surface area contributed by atoms with Crippen LogP contribution in [0.5, 0.6) is 0 Å². The van der Waals surface area contributed by atoms with E-state index < -0.39 is 0 Å². The summed E-state index contributed by atoms with van der Waals surface area (Å²) in [4.78, 5) is 18.5. The lowest BCUT2D eigenvalue weighted by Crippen LogP contribution is -2.30. The Morgan fingerprint density at radius 1 is 1.56 bits per heavy atom. The Labute approximate surface area is 98.9 Å². The molecule has 0 saturated carbocycles. The number of carbonyl (C=O) groups excluding carboxylic acids is 1. The van der Waals surface area contributed by atoms with E-state index in [1.807, 2.05) is 13.8 Å². The number of nitrogens with one attached hydrogen (secondary N) is 1. The Bertz CT molecular complexity index is 371. The number of aldehydes is 1. The largest absolute Gasteiger partial charge is 0.394 e. The summed E-state index contributed by atoms with van der Waals surface area (Å²) in [6.07, 6.45) is 1.87. The van der Waals surface area contributed by atoms with E-state index in [0.29, 0.717) is 12.1 Å². The highest BCUT2D eigenvalue weighted by Crippen LogP contribution is 2.19. The van der Waals surface area contributed by atoms with Gasteiger partial charge in [-0.05, 0) is 5.92 Å². The number of halogens is 1. The summed E-state index contributed by atoms with van der Waals surface area (Å²) < 4.78 is 0. The second-order valence-corrected chi connectivity index (χ2v) is 4.08. The monoisotopic (exact) mass is 243 g/mol. The molecular formula is C10H14ClN3O2. The minimum absolute atomic E-state index is 0.0441. The fourth-order valence-electron chi connectivity index (χ4n) is 1.19. The Kier molecular flexibility index (Phi) is 4.64. The SMILES string of the molecule is CC(C)[C@@H](CO)Nc1ncnc(Cl)c1C=O. The minimum Gasteiger partial charge on any atom is -0.394 e. The average Bonchev–Trinajstić information content (AvgIpc) is 2.25. The highest BCUT2D eigenvalue weighted by molar-refractivity contribution is 6.32. The lowest BCUT2D eigenvalue weighted by molar-refractivity contribution is 0.112. The van der Waals surface area contributed by atoms with Gasteiger partial charge in [-0.3, -0.25) is 4.79 Å². The topological polar surface area (TPSA) is 75.1 Å². The number of aromatic nitrogens is 2. The van der Waals surface area contributed by atoms with Crippen molar-refractivity contribution in [2.75, 3.05) is 11.9 Å². The van der Waals surface area contributed by atoms with Crippen LogP contribution < -0.4 is 5.32 Å². The molecule has 1 aromatic heterocycles. The summed E-state index contributed by atoms with van der Waals surface area (Å²) in [5.41, 5.74) is 0.211. The Balaban J connectivity index is 2.96. The van der Waals surface area contributed by atoms with Crippen LogP contribution in [0.2, 0.25) is 5.15 Å². The van der Waals surface area contributed by atoms with Crippen molar-refractivity contribution < 1.29 is 9.90 Å². The van der Waals surface area contributed by atoms with Gasteiger partial charge in [0.15, 0.2) is 6.29 Å². The smallest absolute Gasteiger partial charge is 0.156 e. The Morgan fingerprint density at radius 2 is 2.25 bits per heavy atom. The summed E-state index contributed by atoms with van der Waals surface area (Å²) in [7, 11) is 0. The van der Waals surface area contributed by atoms with Crippen LogP contribution in [0.3, 0.4) is 0 Å². The molecule has 0 aliphatic carbocycles. The van der Waals surface area contributed by atoms with E-state index in [1.165, 1.54) is 6.33 Å². The van der Waals surface area contributed by atoms with E-state index >= 15 is 0 Å². The summed E-state index contributed by atoms with van der Waals surface area (Å²) in [5, 5.41) is 12.2. The molecule has 0 spiro atoms. The molecule has 0 radical (unpaired) electrons. The molecule has 0 bridgehead atoms. The molecule has 1 atom stereocenters. The predicted molar refractivity (Wildman–Crippen MR) is 61.8 cm³/mol. The maximum absolute atomic E-state index is 10.8. The molecular weight excluding hydrogens is 230 g/mol. The average molecular weight is 244 g/mol. The number of carbonyl (C=O) groups is 1. The molecule has 1 heterocycles. The van der Waals surface area contributed by atoms with Crippen LogP contribution in [0, 0.1) is 5.92 Å². The molecule has 2 N–H and O–H groups in total. The third-order valence-corrected chi connectivity index (χ3v) is 2.58. The van der Waals surface area contributed by atoms with Crippen molar-refractivity contribution in [1.29, 1.82) is 0 Å². The number of hydrogen-bond donors (Lipinski definition) is 2. The van der Waals surface area contributed by atoms with Crippen LogP contribution >= 0.6 is 11.6 Å². The molecule has 16 heavy (non-hydrogen) atoms.